The fourth-order valence-corrected chi connectivity index (χ4v) is 4.66. The highest BCUT2D eigenvalue weighted by Crippen LogP contribution is 2.21. The van der Waals surface area contributed by atoms with E-state index in [0.717, 1.165) is 4.47 Å². The molecular formula is C15H19BrN2O3S2. The summed E-state index contributed by atoms with van der Waals surface area (Å²) in [4.78, 5) is 17.3. The van der Waals surface area contributed by atoms with Gasteiger partial charge in [-0.25, -0.2) is 13.4 Å². The van der Waals surface area contributed by atoms with Crippen molar-refractivity contribution in [3.05, 3.63) is 33.0 Å². The highest BCUT2D eigenvalue weighted by atomic mass is 79.9. The number of sulfone groups is 1. The molecule has 23 heavy (non-hydrogen) atoms. The molecular weight excluding hydrogens is 400 g/mol. The van der Waals surface area contributed by atoms with Crippen molar-refractivity contribution in [1.29, 1.82) is 0 Å². The summed E-state index contributed by atoms with van der Waals surface area (Å²) in [7, 11) is -3.03. The fourth-order valence-electron chi connectivity index (χ4n) is 2.09. The molecule has 1 aromatic carbocycles. The third-order valence-electron chi connectivity index (χ3n) is 3.11. The van der Waals surface area contributed by atoms with Gasteiger partial charge in [0.1, 0.15) is 9.84 Å². The van der Waals surface area contributed by atoms with E-state index in [-0.39, 0.29) is 17.2 Å². The van der Waals surface area contributed by atoms with E-state index < -0.39 is 9.84 Å². The highest BCUT2D eigenvalue weighted by Gasteiger charge is 2.14. The average Bonchev–Trinajstić information content (AvgIpc) is 2.42. The van der Waals surface area contributed by atoms with Crippen LogP contribution in [0.2, 0.25) is 0 Å². The van der Waals surface area contributed by atoms with Gasteiger partial charge in [0.2, 0.25) is 0 Å². The second-order valence-corrected chi connectivity index (χ2v) is 10.1. The summed E-state index contributed by atoms with van der Waals surface area (Å²) in [6.45, 7) is 4.61. The lowest BCUT2D eigenvalue weighted by Gasteiger charge is -2.15. The topological polar surface area (TPSA) is 69.0 Å². The second kappa shape index (κ2) is 7.36. The molecule has 2 rings (SSSR count). The Kier molecular flexibility index (Phi) is 5.91. The van der Waals surface area contributed by atoms with Gasteiger partial charge in [0.15, 0.2) is 5.16 Å². The summed E-state index contributed by atoms with van der Waals surface area (Å²) in [5.41, 5.74) is 0.534. The minimum Gasteiger partial charge on any atom is -0.287 e. The number of halogens is 1. The lowest BCUT2D eigenvalue weighted by atomic mass is 10.2. The zero-order valence-corrected chi connectivity index (χ0v) is 16.5. The summed E-state index contributed by atoms with van der Waals surface area (Å²) in [6.07, 6.45) is 1.21. The number of fused-ring (bicyclic) bond motifs is 1. The van der Waals surface area contributed by atoms with Crippen LogP contribution < -0.4 is 5.56 Å². The van der Waals surface area contributed by atoms with Crippen molar-refractivity contribution >= 4 is 48.4 Å². The molecule has 0 unspecified atom stereocenters. The first-order valence-electron chi connectivity index (χ1n) is 7.18. The molecule has 0 saturated heterocycles. The standard InChI is InChI=1S/C15H19BrN2O3S2/c1-10(2)9-18-14(19)12-8-11(16)4-5-13(12)17-15(18)22-6-7-23(3,20)21/h4-5,8,10H,6-7,9H2,1-3H3. The van der Waals surface area contributed by atoms with E-state index in [1.807, 2.05) is 19.9 Å². The van der Waals surface area contributed by atoms with Crippen LogP contribution in [0.3, 0.4) is 0 Å². The maximum Gasteiger partial charge on any atom is 0.262 e. The zero-order chi connectivity index (χ0) is 17.2. The first-order chi connectivity index (χ1) is 10.7. The molecule has 0 aliphatic rings. The second-order valence-electron chi connectivity index (χ2n) is 5.84. The van der Waals surface area contributed by atoms with Crippen LogP contribution in [0.15, 0.2) is 32.6 Å². The smallest absolute Gasteiger partial charge is 0.262 e. The van der Waals surface area contributed by atoms with E-state index in [9.17, 15) is 13.2 Å². The normalized spacial score (nSPS) is 12.2. The first kappa shape index (κ1) is 18.5. The van der Waals surface area contributed by atoms with E-state index in [1.54, 1.807) is 16.7 Å². The number of thioether (sulfide) groups is 1. The predicted molar refractivity (Wildman–Crippen MR) is 99.0 cm³/mol. The number of aromatic nitrogens is 2. The summed E-state index contributed by atoms with van der Waals surface area (Å²) in [5, 5.41) is 1.13. The van der Waals surface area contributed by atoms with Crippen molar-refractivity contribution < 1.29 is 8.42 Å². The van der Waals surface area contributed by atoms with Gasteiger partial charge < -0.3 is 0 Å². The molecule has 126 valence electrons. The third kappa shape index (κ3) is 5.06. The van der Waals surface area contributed by atoms with Crippen molar-refractivity contribution in [2.24, 2.45) is 5.92 Å². The van der Waals surface area contributed by atoms with E-state index in [1.165, 1.54) is 18.0 Å². The Hall–Kier alpha value is -0.860. The summed E-state index contributed by atoms with van der Waals surface area (Å²) in [5.74, 6) is 0.729. The molecule has 0 N–H and O–H groups in total. The van der Waals surface area contributed by atoms with Gasteiger partial charge in [-0.3, -0.25) is 9.36 Å². The zero-order valence-electron chi connectivity index (χ0n) is 13.2. The maximum atomic E-state index is 12.8. The van der Waals surface area contributed by atoms with Gasteiger partial charge in [-0.1, -0.05) is 41.5 Å². The average molecular weight is 419 g/mol. The van der Waals surface area contributed by atoms with Gasteiger partial charge in [0, 0.05) is 23.0 Å². The lowest BCUT2D eigenvalue weighted by molar-refractivity contribution is 0.475. The number of hydrogen-bond acceptors (Lipinski definition) is 5. The van der Waals surface area contributed by atoms with Crippen LogP contribution in [0, 0.1) is 5.92 Å². The van der Waals surface area contributed by atoms with Crippen LogP contribution in [-0.2, 0) is 16.4 Å². The van der Waals surface area contributed by atoms with Crippen LogP contribution in [0.4, 0.5) is 0 Å². The summed E-state index contributed by atoms with van der Waals surface area (Å²) >= 11 is 4.69. The molecule has 0 radical (unpaired) electrons. The van der Waals surface area contributed by atoms with E-state index in [2.05, 4.69) is 20.9 Å². The molecule has 1 aromatic heterocycles. The number of rotatable bonds is 6. The number of benzene rings is 1. The monoisotopic (exact) mass is 418 g/mol. The Labute approximate surface area is 148 Å². The molecule has 0 aliphatic heterocycles. The molecule has 0 aliphatic carbocycles. The van der Waals surface area contributed by atoms with Crippen molar-refractivity contribution in [1.82, 2.24) is 9.55 Å². The van der Waals surface area contributed by atoms with Crippen LogP contribution in [0.1, 0.15) is 13.8 Å². The van der Waals surface area contributed by atoms with Crippen molar-refractivity contribution in [3.8, 4) is 0 Å². The predicted octanol–water partition coefficient (Wildman–Crippen LogP) is 2.95. The minimum atomic E-state index is -3.03. The largest absolute Gasteiger partial charge is 0.287 e. The maximum absolute atomic E-state index is 12.8. The molecule has 0 atom stereocenters. The van der Waals surface area contributed by atoms with Crippen molar-refractivity contribution in [3.63, 3.8) is 0 Å². The summed E-state index contributed by atoms with van der Waals surface area (Å²) in [6, 6.07) is 5.40. The van der Waals surface area contributed by atoms with Crippen LogP contribution in [0.25, 0.3) is 10.9 Å². The Balaban J connectivity index is 2.48. The Morgan fingerprint density at radius 1 is 1.35 bits per heavy atom. The van der Waals surface area contributed by atoms with Crippen LogP contribution in [-0.4, -0.2) is 35.7 Å². The van der Waals surface area contributed by atoms with E-state index >= 15 is 0 Å². The molecule has 0 bridgehead atoms. The van der Waals surface area contributed by atoms with Crippen LogP contribution >= 0.6 is 27.7 Å². The fraction of sp³-hybridized carbons (Fsp3) is 0.467. The van der Waals surface area contributed by atoms with Crippen molar-refractivity contribution in [2.45, 2.75) is 25.5 Å². The van der Waals surface area contributed by atoms with Gasteiger partial charge in [0.25, 0.3) is 5.56 Å². The first-order valence-corrected chi connectivity index (χ1v) is 11.0. The van der Waals surface area contributed by atoms with Gasteiger partial charge in [-0.05, 0) is 24.1 Å². The molecule has 0 saturated carbocycles. The highest BCUT2D eigenvalue weighted by molar-refractivity contribution is 9.10. The van der Waals surface area contributed by atoms with E-state index in [0.29, 0.717) is 28.4 Å². The molecule has 5 nitrogen and oxygen atoms in total. The van der Waals surface area contributed by atoms with Crippen LogP contribution in [0.5, 0.6) is 0 Å². The molecule has 8 heteroatoms. The quantitative estimate of drug-likeness (QED) is 0.532. The van der Waals surface area contributed by atoms with Gasteiger partial charge in [-0.2, -0.15) is 0 Å². The third-order valence-corrected chi connectivity index (χ3v) is 5.79. The van der Waals surface area contributed by atoms with Gasteiger partial charge in [0.05, 0.1) is 16.7 Å². The lowest BCUT2D eigenvalue weighted by Crippen LogP contribution is -2.25. The Bertz CT molecular complexity index is 876. The molecule has 2 aromatic rings. The minimum absolute atomic E-state index is 0.0631. The number of hydrogen-bond donors (Lipinski definition) is 0. The Morgan fingerprint density at radius 2 is 2.04 bits per heavy atom. The van der Waals surface area contributed by atoms with Gasteiger partial charge in [-0.15, -0.1) is 0 Å². The van der Waals surface area contributed by atoms with Gasteiger partial charge >= 0.3 is 0 Å². The molecule has 0 fully saturated rings. The van der Waals surface area contributed by atoms with E-state index in [4.69, 9.17) is 0 Å². The SMILES string of the molecule is CC(C)Cn1c(SCCS(C)(=O)=O)nc2ccc(Br)cc2c1=O. The van der Waals surface area contributed by atoms with Crippen molar-refractivity contribution in [2.75, 3.05) is 17.8 Å². The molecule has 0 amide bonds. The summed E-state index contributed by atoms with van der Waals surface area (Å²) < 4.78 is 25.1. The molecule has 1 heterocycles. The number of nitrogens with zero attached hydrogens (tertiary/aromatic N) is 2. The Morgan fingerprint density at radius 3 is 2.65 bits per heavy atom. The molecule has 0 spiro atoms.